The van der Waals surface area contributed by atoms with Gasteiger partial charge in [0, 0.05) is 42.1 Å². The zero-order valence-corrected chi connectivity index (χ0v) is 17.4. The van der Waals surface area contributed by atoms with E-state index in [4.69, 9.17) is 5.10 Å². The summed E-state index contributed by atoms with van der Waals surface area (Å²) in [5, 5.41) is 13.2. The smallest absolute Gasteiger partial charge is 0.0648 e. The summed E-state index contributed by atoms with van der Waals surface area (Å²) in [7, 11) is 0. The van der Waals surface area contributed by atoms with E-state index in [1.807, 2.05) is 0 Å². The lowest BCUT2D eigenvalue weighted by Gasteiger charge is -2.36. The highest BCUT2D eigenvalue weighted by Crippen LogP contribution is 2.41. The zero-order chi connectivity index (χ0) is 19.7. The molecule has 0 saturated heterocycles. The van der Waals surface area contributed by atoms with Crippen LogP contribution in [0.15, 0.2) is 42.7 Å². The molecule has 28 heavy (non-hydrogen) atoms. The van der Waals surface area contributed by atoms with Gasteiger partial charge in [0.25, 0.3) is 0 Å². The van der Waals surface area contributed by atoms with Crippen molar-refractivity contribution >= 4 is 0 Å². The summed E-state index contributed by atoms with van der Waals surface area (Å²) in [6.45, 7) is 10.8. The standard InChI is InChI=1S/C23H31N5/c1-5-11-27-16-18(17(2)26-27)14-24-21-12-23(3,4)13-22-20(21)15-25-28(22)19-9-7-6-8-10-19/h6-10,15-16,21,24H,5,11-14H2,1-4H3. The van der Waals surface area contributed by atoms with Gasteiger partial charge >= 0.3 is 0 Å². The van der Waals surface area contributed by atoms with E-state index in [2.05, 4.69) is 90.2 Å². The molecule has 0 fully saturated rings. The third-order valence-electron chi connectivity index (χ3n) is 5.72. The van der Waals surface area contributed by atoms with Gasteiger partial charge in [-0.15, -0.1) is 0 Å². The molecule has 1 unspecified atom stereocenters. The first-order valence-corrected chi connectivity index (χ1v) is 10.4. The number of hydrogen-bond acceptors (Lipinski definition) is 3. The minimum Gasteiger partial charge on any atom is -0.306 e. The first-order chi connectivity index (χ1) is 13.5. The Morgan fingerprint density at radius 3 is 2.75 bits per heavy atom. The summed E-state index contributed by atoms with van der Waals surface area (Å²) in [6, 6.07) is 10.8. The first-order valence-electron chi connectivity index (χ1n) is 10.4. The maximum Gasteiger partial charge on any atom is 0.0648 e. The first kappa shape index (κ1) is 18.9. The van der Waals surface area contributed by atoms with Crippen molar-refractivity contribution < 1.29 is 0 Å². The fraction of sp³-hybridized carbons (Fsp3) is 0.478. The van der Waals surface area contributed by atoms with Crippen LogP contribution in [0.5, 0.6) is 0 Å². The number of benzene rings is 1. The second kappa shape index (κ2) is 7.55. The molecule has 1 atom stereocenters. The van der Waals surface area contributed by atoms with E-state index in [1.54, 1.807) is 0 Å². The maximum absolute atomic E-state index is 4.75. The van der Waals surface area contributed by atoms with Crippen molar-refractivity contribution in [2.24, 2.45) is 5.41 Å². The summed E-state index contributed by atoms with van der Waals surface area (Å²) in [5.41, 5.74) is 6.45. The molecule has 5 heteroatoms. The average molecular weight is 378 g/mol. The fourth-order valence-corrected chi connectivity index (χ4v) is 4.33. The minimum atomic E-state index is 0.235. The largest absolute Gasteiger partial charge is 0.306 e. The van der Waals surface area contributed by atoms with E-state index < -0.39 is 0 Å². The molecular formula is C23H31N5. The molecule has 1 aliphatic carbocycles. The highest BCUT2D eigenvalue weighted by Gasteiger charge is 2.35. The molecule has 2 aromatic heterocycles. The molecular weight excluding hydrogens is 346 g/mol. The number of para-hydroxylation sites is 1. The highest BCUT2D eigenvalue weighted by molar-refractivity contribution is 5.38. The Morgan fingerprint density at radius 1 is 1.21 bits per heavy atom. The number of fused-ring (bicyclic) bond motifs is 1. The Balaban J connectivity index is 1.58. The van der Waals surface area contributed by atoms with Crippen molar-refractivity contribution in [3.05, 3.63) is 65.2 Å². The number of nitrogens with zero attached hydrogens (tertiary/aromatic N) is 4. The van der Waals surface area contributed by atoms with Crippen LogP contribution in [0.25, 0.3) is 5.69 Å². The van der Waals surface area contributed by atoms with Crippen LogP contribution in [0.2, 0.25) is 0 Å². The van der Waals surface area contributed by atoms with Gasteiger partial charge in [0.05, 0.1) is 17.6 Å². The molecule has 148 valence electrons. The Bertz CT molecular complexity index is 935. The number of aryl methyl sites for hydroxylation is 2. The lowest BCUT2D eigenvalue weighted by atomic mass is 9.74. The van der Waals surface area contributed by atoms with Crippen molar-refractivity contribution in [2.45, 2.75) is 66.1 Å². The Kier molecular flexibility index (Phi) is 5.11. The highest BCUT2D eigenvalue weighted by atomic mass is 15.3. The molecule has 0 bridgehead atoms. The number of rotatable bonds is 6. The predicted molar refractivity (Wildman–Crippen MR) is 113 cm³/mol. The van der Waals surface area contributed by atoms with Crippen LogP contribution in [0, 0.1) is 12.3 Å². The molecule has 2 heterocycles. The van der Waals surface area contributed by atoms with Crippen molar-refractivity contribution in [3.63, 3.8) is 0 Å². The van der Waals surface area contributed by atoms with Gasteiger partial charge in [-0.3, -0.25) is 4.68 Å². The summed E-state index contributed by atoms with van der Waals surface area (Å²) < 4.78 is 4.19. The van der Waals surface area contributed by atoms with Crippen molar-refractivity contribution in [3.8, 4) is 5.69 Å². The summed E-state index contributed by atoms with van der Waals surface area (Å²) >= 11 is 0. The Morgan fingerprint density at radius 2 is 2.00 bits per heavy atom. The molecule has 1 N–H and O–H groups in total. The lowest BCUT2D eigenvalue weighted by molar-refractivity contribution is 0.252. The van der Waals surface area contributed by atoms with Gasteiger partial charge in [0.15, 0.2) is 0 Å². The monoisotopic (exact) mass is 377 g/mol. The fourth-order valence-electron chi connectivity index (χ4n) is 4.33. The number of aromatic nitrogens is 4. The zero-order valence-electron chi connectivity index (χ0n) is 17.4. The van der Waals surface area contributed by atoms with E-state index >= 15 is 0 Å². The maximum atomic E-state index is 4.75. The van der Waals surface area contributed by atoms with Gasteiger partial charge in [-0.2, -0.15) is 10.2 Å². The Hall–Kier alpha value is -2.40. The van der Waals surface area contributed by atoms with Gasteiger partial charge in [-0.25, -0.2) is 4.68 Å². The van der Waals surface area contributed by atoms with Crippen molar-refractivity contribution in [2.75, 3.05) is 0 Å². The van der Waals surface area contributed by atoms with E-state index in [-0.39, 0.29) is 5.41 Å². The lowest BCUT2D eigenvalue weighted by Crippen LogP contribution is -2.33. The Labute approximate surface area is 167 Å². The number of hydrogen-bond donors (Lipinski definition) is 1. The van der Waals surface area contributed by atoms with E-state index in [0.717, 1.165) is 43.7 Å². The van der Waals surface area contributed by atoms with Gasteiger partial charge in [-0.1, -0.05) is 39.0 Å². The molecule has 1 aliphatic rings. The van der Waals surface area contributed by atoms with Crippen LogP contribution in [0.1, 0.15) is 62.2 Å². The van der Waals surface area contributed by atoms with Crippen molar-refractivity contribution in [1.82, 2.24) is 24.9 Å². The number of nitrogens with one attached hydrogen (secondary N) is 1. The summed E-state index contributed by atoms with van der Waals surface area (Å²) in [5.74, 6) is 0. The quantitative estimate of drug-likeness (QED) is 0.683. The molecule has 0 saturated carbocycles. The second-order valence-electron chi connectivity index (χ2n) is 8.78. The molecule has 4 rings (SSSR count). The molecule has 0 radical (unpaired) electrons. The van der Waals surface area contributed by atoms with Crippen LogP contribution >= 0.6 is 0 Å². The van der Waals surface area contributed by atoms with Crippen LogP contribution in [0.3, 0.4) is 0 Å². The third-order valence-corrected chi connectivity index (χ3v) is 5.72. The van der Waals surface area contributed by atoms with Crippen LogP contribution in [0.4, 0.5) is 0 Å². The van der Waals surface area contributed by atoms with Crippen LogP contribution in [-0.4, -0.2) is 19.6 Å². The van der Waals surface area contributed by atoms with Crippen molar-refractivity contribution in [1.29, 1.82) is 0 Å². The third kappa shape index (κ3) is 3.76. The van der Waals surface area contributed by atoms with E-state index in [9.17, 15) is 0 Å². The predicted octanol–water partition coefficient (Wildman–Crippen LogP) is 4.59. The SMILES string of the molecule is CCCn1cc(CNC2CC(C)(C)Cc3c2cnn3-c2ccccc2)c(C)n1. The molecule has 0 aliphatic heterocycles. The average Bonchev–Trinajstić information content (AvgIpc) is 3.23. The van der Waals surface area contributed by atoms with Gasteiger partial charge in [-0.05, 0) is 43.7 Å². The molecule has 0 amide bonds. The summed E-state index contributed by atoms with van der Waals surface area (Å²) in [6.07, 6.45) is 7.51. The molecule has 3 aromatic rings. The van der Waals surface area contributed by atoms with E-state index in [1.165, 1.54) is 16.8 Å². The molecule has 0 spiro atoms. The van der Waals surface area contributed by atoms with Gasteiger partial charge in [0.1, 0.15) is 0 Å². The summed E-state index contributed by atoms with van der Waals surface area (Å²) in [4.78, 5) is 0. The molecule has 1 aromatic carbocycles. The van der Waals surface area contributed by atoms with E-state index in [0.29, 0.717) is 6.04 Å². The van der Waals surface area contributed by atoms with Crippen LogP contribution < -0.4 is 5.32 Å². The molecule has 5 nitrogen and oxygen atoms in total. The minimum absolute atomic E-state index is 0.235. The second-order valence-corrected chi connectivity index (χ2v) is 8.78. The van der Waals surface area contributed by atoms with Gasteiger partial charge < -0.3 is 5.32 Å². The van der Waals surface area contributed by atoms with Gasteiger partial charge in [0.2, 0.25) is 0 Å². The normalized spacial score (nSPS) is 18.2. The van der Waals surface area contributed by atoms with Crippen LogP contribution in [-0.2, 0) is 19.5 Å². The topological polar surface area (TPSA) is 47.7 Å².